The molecule has 1 aromatic rings. The second kappa shape index (κ2) is 5.92. The van der Waals surface area contributed by atoms with Crippen molar-refractivity contribution in [1.29, 1.82) is 0 Å². The molecule has 0 saturated carbocycles. The van der Waals surface area contributed by atoms with Gasteiger partial charge in [0.15, 0.2) is 0 Å². The molecule has 20 heavy (non-hydrogen) atoms. The van der Waals surface area contributed by atoms with Gasteiger partial charge in [0, 0.05) is 31.7 Å². The van der Waals surface area contributed by atoms with E-state index in [1.807, 2.05) is 12.1 Å². The molecule has 2 rings (SSSR count). The normalized spacial score (nSPS) is 19.9. The Morgan fingerprint density at radius 1 is 1.20 bits per heavy atom. The Morgan fingerprint density at radius 2 is 1.95 bits per heavy atom. The van der Waals surface area contributed by atoms with Gasteiger partial charge in [0.25, 0.3) is 0 Å². The molecule has 0 aliphatic carbocycles. The number of benzene rings is 1. The summed E-state index contributed by atoms with van der Waals surface area (Å²) in [5.41, 5.74) is 1.35. The van der Waals surface area contributed by atoms with Gasteiger partial charge in [-0.15, -0.1) is 0 Å². The third-order valence-corrected chi connectivity index (χ3v) is 3.95. The Labute approximate surface area is 122 Å². The molecule has 0 amide bonds. The van der Waals surface area contributed by atoms with Crippen LogP contribution in [0.15, 0.2) is 18.2 Å². The lowest BCUT2D eigenvalue weighted by Gasteiger charge is -2.41. The van der Waals surface area contributed by atoms with Crippen molar-refractivity contribution in [2.24, 2.45) is 5.41 Å². The van der Waals surface area contributed by atoms with E-state index in [1.165, 1.54) is 0 Å². The molecular formula is C16H26N2O2. The van der Waals surface area contributed by atoms with Gasteiger partial charge in [-0.2, -0.15) is 0 Å². The number of anilines is 1. The van der Waals surface area contributed by atoms with E-state index in [-0.39, 0.29) is 5.41 Å². The summed E-state index contributed by atoms with van der Waals surface area (Å²) in [7, 11) is 3.41. The molecule has 1 atom stereocenters. The monoisotopic (exact) mass is 278 g/mol. The minimum Gasteiger partial charge on any atom is -0.497 e. The summed E-state index contributed by atoms with van der Waals surface area (Å²) in [6.45, 7) is 9.77. The van der Waals surface area contributed by atoms with E-state index in [0.717, 1.165) is 36.8 Å². The highest BCUT2D eigenvalue weighted by Crippen LogP contribution is 2.34. The van der Waals surface area contributed by atoms with Crippen LogP contribution in [0, 0.1) is 5.41 Å². The van der Waals surface area contributed by atoms with Crippen molar-refractivity contribution in [2.45, 2.75) is 26.8 Å². The predicted octanol–water partition coefficient (Wildman–Crippen LogP) is 2.53. The summed E-state index contributed by atoms with van der Waals surface area (Å²) in [4.78, 5) is 2.38. The second-order valence-corrected chi connectivity index (χ2v) is 6.36. The number of ether oxygens (including phenoxy) is 2. The van der Waals surface area contributed by atoms with E-state index in [1.54, 1.807) is 14.2 Å². The van der Waals surface area contributed by atoms with E-state index in [2.05, 4.69) is 37.1 Å². The molecule has 1 aliphatic rings. The maximum Gasteiger partial charge on any atom is 0.142 e. The van der Waals surface area contributed by atoms with E-state index >= 15 is 0 Å². The predicted molar refractivity (Wildman–Crippen MR) is 83.0 cm³/mol. The number of methoxy groups -OCH3 is 2. The van der Waals surface area contributed by atoms with Crippen LogP contribution in [0.25, 0.3) is 0 Å². The highest BCUT2D eigenvalue weighted by molar-refractivity contribution is 5.62. The summed E-state index contributed by atoms with van der Waals surface area (Å²) in [6.07, 6.45) is 0. The van der Waals surface area contributed by atoms with Crippen LogP contribution in [0.4, 0.5) is 5.69 Å². The van der Waals surface area contributed by atoms with Crippen molar-refractivity contribution < 1.29 is 9.47 Å². The number of hydrogen-bond donors (Lipinski definition) is 1. The van der Waals surface area contributed by atoms with E-state index in [0.29, 0.717) is 6.04 Å². The molecule has 1 fully saturated rings. The van der Waals surface area contributed by atoms with Crippen molar-refractivity contribution in [1.82, 2.24) is 5.32 Å². The zero-order valence-electron chi connectivity index (χ0n) is 13.2. The lowest BCUT2D eigenvalue weighted by atomic mass is 9.85. The number of piperazine rings is 1. The quantitative estimate of drug-likeness (QED) is 0.921. The number of rotatable bonds is 3. The molecule has 0 aromatic heterocycles. The largest absolute Gasteiger partial charge is 0.497 e. The third kappa shape index (κ3) is 3.18. The van der Waals surface area contributed by atoms with Gasteiger partial charge in [-0.25, -0.2) is 0 Å². The van der Waals surface area contributed by atoms with Crippen LogP contribution in [-0.2, 0) is 0 Å². The van der Waals surface area contributed by atoms with Gasteiger partial charge in [-0.3, -0.25) is 0 Å². The summed E-state index contributed by atoms with van der Waals surface area (Å²) in [6, 6.07) is 6.44. The lowest BCUT2D eigenvalue weighted by Crippen LogP contribution is -2.56. The van der Waals surface area contributed by atoms with Crippen LogP contribution < -0.4 is 19.7 Å². The standard InChI is InChI=1S/C16H26N2O2/c1-16(2,3)15-11-18(9-8-17-15)13-10-12(19-4)6-7-14(13)20-5/h6-7,10,15,17H,8-9,11H2,1-5H3. The van der Waals surface area contributed by atoms with E-state index in [9.17, 15) is 0 Å². The van der Waals surface area contributed by atoms with Gasteiger partial charge in [0.05, 0.1) is 19.9 Å². The van der Waals surface area contributed by atoms with E-state index in [4.69, 9.17) is 9.47 Å². The molecule has 4 heteroatoms. The summed E-state index contributed by atoms with van der Waals surface area (Å²) in [5.74, 6) is 1.77. The Bertz CT molecular complexity index is 454. The van der Waals surface area contributed by atoms with Gasteiger partial charge in [-0.1, -0.05) is 20.8 Å². The Kier molecular flexibility index (Phi) is 4.43. The molecule has 0 bridgehead atoms. The van der Waals surface area contributed by atoms with Crippen LogP contribution in [0.3, 0.4) is 0 Å². The van der Waals surface area contributed by atoms with Gasteiger partial charge in [0.1, 0.15) is 11.5 Å². The van der Waals surface area contributed by atoms with Crippen LogP contribution >= 0.6 is 0 Å². The molecular weight excluding hydrogens is 252 g/mol. The molecule has 1 saturated heterocycles. The van der Waals surface area contributed by atoms with E-state index < -0.39 is 0 Å². The first-order valence-corrected chi connectivity index (χ1v) is 7.16. The summed E-state index contributed by atoms with van der Waals surface area (Å²) >= 11 is 0. The van der Waals surface area contributed by atoms with Crippen molar-refractivity contribution in [3.8, 4) is 11.5 Å². The minimum absolute atomic E-state index is 0.241. The van der Waals surface area contributed by atoms with Gasteiger partial charge >= 0.3 is 0 Å². The van der Waals surface area contributed by atoms with Crippen molar-refractivity contribution >= 4 is 5.69 Å². The molecule has 112 valence electrons. The lowest BCUT2D eigenvalue weighted by molar-refractivity contribution is 0.253. The summed E-state index contributed by atoms with van der Waals surface area (Å²) in [5, 5.41) is 3.61. The molecule has 4 nitrogen and oxygen atoms in total. The minimum atomic E-state index is 0.241. The SMILES string of the molecule is COc1ccc(OC)c(N2CCNC(C(C)(C)C)C2)c1. The van der Waals surface area contributed by atoms with Gasteiger partial charge in [-0.05, 0) is 17.5 Å². The van der Waals surface area contributed by atoms with Gasteiger partial charge in [0.2, 0.25) is 0 Å². The van der Waals surface area contributed by atoms with Crippen molar-refractivity contribution in [3.05, 3.63) is 18.2 Å². The molecule has 0 radical (unpaired) electrons. The van der Waals surface area contributed by atoms with Crippen LogP contribution in [0.2, 0.25) is 0 Å². The first kappa shape index (κ1) is 15.0. The fraction of sp³-hybridized carbons (Fsp3) is 0.625. The number of hydrogen-bond acceptors (Lipinski definition) is 4. The molecule has 1 heterocycles. The Hall–Kier alpha value is -1.42. The first-order valence-electron chi connectivity index (χ1n) is 7.16. The molecule has 1 aromatic carbocycles. The third-order valence-electron chi connectivity index (χ3n) is 3.95. The van der Waals surface area contributed by atoms with Crippen LogP contribution in [0.1, 0.15) is 20.8 Å². The highest BCUT2D eigenvalue weighted by Gasteiger charge is 2.30. The maximum atomic E-state index is 5.50. The van der Waals surface area contributed by atoms with Crippen molar-refractivity contribution in [2.75, 3.05) is 38.8 Å². The zero-order valence-corrected chi connectivity index (χ0v) is 13.2. The molecule has 1 N–H and O–H groups in total. The average Bonchev–Trinajstić information content (AvgIpc) is 2.45. The molecule has 1 aliphatic heterocycles. The number of nitrogens with zero attached hydrogens (tertiary/aromatic N) is 1. The number of nitrogens with one attached hydrogen (secondary N) is 1. The zero-order chi connectivity index (χ0) is 14.8. The first-order chi connectivity index (χ1) is 9.45. The molecule has 1 unspecified atom stereocenters. The van der Waals surface area contributed by atoms with Crippen LogP contribution in [0.5, 0.6) is 11.5 Å². The Morgan fingerprint density at radius 3 is 2.55 bits per heavy atom. The smallest absolute Gasteiger partial charge is 0.142 e. The topological polar surface area (TPSA) is 33.7 Å². The molecule has 0 spiro atoms. The Balaban J connectivity index is 2.26. The maximum absolute atomic E-state index is 5.50. The highest BCUT2D eigenvalue weighted by atomic mass is 16.5. The van der Waals surface area contributed by atoms with Crippen molar-refractivity contribution in [3.63, 3.8) is 0 Å². The average molecular weight is 278 g/mol. The second-order valence-electron chi connectivity index (χ2n) is 6.36. The van der Waals surface area contributed by atoms with Gasteiger partial charge < -0.3 is 19.7 Å². The summed E-state index contributed by atoms with van der Waals surface area (Å²) < 4.78 is 10.8. The van der Waals surface area contributed by atoms with Crippen LogP contribution in [-0.4, -0.2) is 39.9 Å². The fourth-order valence-electron chi connectivity index (χ4n) is 2.59. The fourth-order valence-corrected chi connectivity index (χ4v) is 2.59.